The molecule has 0 aliphatic carbocycles. The van der Waals surface area contributed by atoms with Crippen molar-refractivity contribution in [2.45, 2.75) is 19.8 Å². The minimum Gasteiger partial charge on any atom is -0.333 e. The standard InChI is InChI=1S/C9H13NO3/c1-3-7-5-6-10(9(7)12)13-8(11)4-2/h4,7H,2-3,5-6H2,1H3. The third-order valence-electron chi connectivity index (χ3n) is 2.14. The molecule has 72 valence electrons. The highest BCUT2D eigenvalue weighted by atomic mass is 16.7. The van der Waals surface area contributed by atoms with Crippen LogP contribution in [0.5, 0.6) is 0 Å². The van der Waals surface area contributed by atoms with Gasteiger partial charge in [0, 0.05) is 12.0 Å². The Bertz CT molecular complexity index is 237. The van der Waals surface area contributed by atoms with E-state index in [2.05, 4.69) is 6.58 Å². The van der Waals surface area contributed by atoms with Crippen LogP contribution in [0.2, 0.25) is 0 Å². The third kappa shape index (κ3) is 2.08. The molecule has 1 aliphatic heterocycles. The highest BCUT2D eigenvalue weighted by Crippen LogP contribution is 2.20. The summed E-state index contributed by atoms with van der Waals surface area (Å²) in [4.78, 5) is 26.9. The molecule has 13 heavy (non-hydrogen) atoms. The monoisotopic (exact) mass is 183 g/mol. The molecular weight excluding hydrogens is 170 g/mol. The quantitative estimate of drug-likeness (QED) is 0.610. The van der Waals surface area contributed by atoms with Crippen LogP contribution in [0.1, 0.15) is 19.8 Å². The lowest BCUT2D eigenvalue weighted by Crippen LogP contribution is -2.29. The van der Waals surface area contributed by atoms with E-state index in [-0.39, 0.29) is 11.8 Å². The van der Waals surface area contributed by atoms with Gasteiger partial charge in [-0.15, -0.1) is 0 Å². The third-order valence-corrected chi connectivity index (χ3v) is 2.14. The van der Waals surface area contributed by atoms with Crippen molar-refractivity contribution in [1.29, 1.82) is 0 Å². The van der Waals surface area contributed by atoms with Crippen LogP contribution in [-0.2, 0) is 14.4 Å². The molecule has 1 unspecified atom stereocenters. The average molecular weight is 183 g/mol. The van der Waals surface area contributed by atoms with E-state index in [1.54, 1.807) is 0 Å². The van der Waals surface area contributed by atoms with Crippen molar-refractivity contribution in [1.82, 2.24) is 5.06 Å². The molecule has 1 saturated heterocycles. The second-order valence-corrected chi connectivity index (χ2v) is 2.95. The second kappa shape index (κ2) is 4.07. The maximum absolute atomic E-state index is 11.4. The van der Waals surface area contributed by atoms with Gasteiger partial charge in [0.2, 0.25) is 0 Å². The lowest BCUT2D eigenvalue weighted by atomic mass is 10.1. The average Bonchev–Trinajstić information content (AvgIpc) is 2.48. The molecule has 1 heterocycles. The fourth-order valence-corrected chi connectivity index (χ4v) is 1.33. The number of nitrogens with zero attached hydrogens (tertiary/aromatic N) is 1. The van der Waals surface area contributed by atoms with Crippen LogP contribution >= 0.6 is 0 Å². The lowest BCUT2D eigenvalue weighted by molar-refractivity contribution is -0.189. The fourth-order valence-electron chi connectivity index (χ4n) is 1.33. The van der Waals surface area contributed by atoms with E-state index in [1.165, 1.54) is 0 Å². The van der Waals surface area contributed by atoms with Crippen LogP contribution in [0, 0.1) is 5.92 Å². The van der Waals surface area contributed by atoms with E-state index >= 15 is 0 Å². The number of amides is 1. The van der Waals surface area contributed by atoms with Crippen molar-refractivity contribution in [2.24, 2.45) is 5.92 Å². The summed E-state index contributed by atoms with van der Waals surface area (Å²) in [5.41, 5.74) is 0. The van der Waals surface area contributed by atoms with Crippen LogP contribution in [0.15, 0.2) is 12.7 Å². The van der Waals surface area contributed by atoms with Gasteiger partial charge in [0.15, 0.2) is 0 Å². The highest BCUT2D eigenvalue weighted by Gasteiger charge is 2.32. The van der Waals surface area contributed by atoms with Crippen LogP contribution in [0.4, 0.5) is 0 Å². The van der Waals surface area contributed by atoms with Gasteiger partial charge in [0.1, 0.15) is 0 Å². The van der Waals surface area contributed by atoms with Crippen LogP contribution in [0.25, 0.3) is 0 Å². The highest BCUT2D eigenvalue weighted by molar-refractivity contribution is 5.85. The summed E-state index contributed by atoms with van der Waals surface area (Å²) in [5, 5.41) is 1.12. The summed E-state index contributed by atoms with van der Waals surface area (Å²) in [7, 11) is 0. The molecule has 1 aliphatic rings. The van der Waals surface area contributed by atoms with Gasteiger partial charge in [-0.2, -0.15) is 5.06 Å². The van der Waals surface area contributed by atoms with Crippen molar-refractivity contribution < 1.29 is 14.4 Å². The molecule has 4 heteroatoms. The minimum absolute atomic E-state index is 0.0117. The normalized spacial score (nSPS) is 21.8. The van der Waals surface area contributed by atoms with Gasteiger partial charge in [-0.3, -0.25) is 4.79 Å². The number of hydroxylamine groups is 2. The van der Waals surface area contributed by atoms with Crippen molar-refractivity contribution in [3.05, 3.63) is 12.7 Å². The molecule has 0 bridgehead atoms. The zero-order chi connectivity index (χ0) is 9.84. The molecule has 0 saturated carbocycles. The van der Waals surface area contributed by atoms with E-state index in [0.29, 0.717) is 6.54 Å². The zero-order valence-corrected chi connectivity index (χ0v) is 7.66. The summed E-state index contributed by atoms with van der Waals surface area (Å²) < 4.78 is 0. The van der Waals surface area contributed by atoms with Crippen molar-refractivity contribution >= 4 is 11.9 Å². The number of hydrogen-bond acceptors (Lipinski definition) is 3. The predicted octanol–water partition coefficient (Wildman–Crippen LogP) is 0.889. The Balaban J connectivity index is 2.50. The maximum Gasteiger partial charge on any atom is 0.355 e. The molecule has 1 atom stereocenters. The second-order valence-electron chi connectivity index (χ2n) is 2.95. The summed E-state index contributed by atoms with van der Waals surface area (Å²) >= 11 is 0. The van der Waals surface area contributed by atoms with Crippen molar-refractivity contribution in [2.75, 3.05) is 6.54 Å². The minimum atomic E-state index is -0.579. The number of rotatable bonds is 3. The Labute approximate surface area is 77.1 Å². The molecule has 4 nitrogen and oxygen atoms in total. The first-order valence-electron chi connectivity index (χ1n) is 4.34. The summed E-state index contributed by atoms with van der Waals surface area (Å²) in [6.45, 7) is 5.70. The summed E-state index contributed by atoms with van der Waals surface area (Å²) in [6, 6.07) is 0. The Morgan fingerprint density at radius 2 is 2.54 bits per heavy atom. The van der Waals surface area contributed by atoms with Crippen LogP contribution < -0.4 is 0 Å². The van der Waals surface area contributed by atoms with Gasteiger partial charge < -0.3 is 4.84 Å². The van der Waals surface area contributed by atoms with E-state index in [9.17, 15) is 9.59 Å². The Morgan fingerprint density at radius 3 is 3.00 bits per heavy atom. The predicted molar refractivity (Wildman–Crippen MR) is 46.4 cm³/mol. The smallest absolute Gasteiger partial charge is 0.333 e. The van der Waals surface area contributed by atoms with Crippen LogP contribution in [-0.4, -0.2) is 23.5 Å². The first kappa shape index (κ1) is 9.77. The van der Waals surface area contributed by atoms with Crippen molar-refractivity contribution in [3.8, 4) is 0 Å². The first-order chi connectivity index (χ1) is 6.19. The molecule has 0 N–H and O–H groups in total. The Morgan fingerprint density at radius 1 is 1.85 bits per heavy atom. The van der Waals surface area contributed by atoms with E-state index in [0.717, 1.165) is 24.0 Å². The Kier molecular flexibility index (Phi) is 3.06. The van der Waals surface area contributed by atoms with Gasteiger partial charge in [-0.05, 0) is 12.8 Å². The number of hydrogen-bond donors (Lipinski definition) is 0. The van der Waals surface area contributed by atoms with Gasteiger partial charge in [-0.25, -0.2) is 4.79 Å². The van der Waals surface area contributed by atoms with Gasteiger partial charge >= 0.3 is 5.97 Å². The maximum atomic E-state index is 11.4. The molecule has 0 aromatic carbocycles. The molecule has 0 radical (unpaired) electrons. The first-order valence-corrected chi connectivity index (χ1v) is 4.34. The fraction of sp³-hybridized carbons (Fsp3) is 0.556. The molecule has 1 rings (SSSR count). The van der Waals surface area contributed by atoms with Crippen molar-refractivity contribution in [3.63, 3.8) is 0 Å². The topological polar surface area (TPSA) is 46.6 Å². The summed E-state index contributed by atoms with van der Waals surface area (Å²) in [6.07, 6.45) is 2.60. The molecule has 0 aromatic heterocycles. The SMILES string of the molecule is C=CC(=O)ON1CCC(CC)C1=O. The lowest BCUT2D eigenvalue weighted by Gasteiger charge is -2.13. The van der Waals surface area contributed by atoms with E-state index < -0.39 is 5.97 Å². The van der Waals surface area contributed by atoms with E-state index in [1.807, 2.05) is 6.92 Å². The number of carbonyl (C=O) groups excluding carboxylic acids is 2. The molecule has 0 spiro atoms. The molecule has 0 aromatic rings. The molecular formula is C9H13NO3. The largest absolute Gasteiger partial charge is 0.355 e. The Hall–Kier alpha value is -1.32. The van der Waals surface area contributed by atoms with Crippen LogP contribution in [0.3, 0.4) is 0 Å². The van der Waals surface area contributed by atoms with E-state index in [4.69, 9.17) is 4.84 Å². The molecule has 1 fully saturated rings. The summed E-state index contributed by atoms with van der Waals surface area (Å²) in [5.74, 6) is -0.666. The van der Waals surface area contributed by atoms with Gasteiger partial charge in [0.25, 0.3) is 5.91 Å². The van der Waals surface area contributed by atoms with Gasteiger partial charge in [0.05, 0.1) is 6.54 Å². The van der Waals surface area contributed by atoms with Gasteiger partial charge in [-0.1, -0.05) is 13.5 Å². The zero-order valence-electron chi connectivity index (χ0n) is 7.66. The molecule has 1 amide bonds. The number of carbonyl (C=O) groups is 2.